The summed E-state index contributed by atoms with van der Waals surface area (Å²) in [6.07, 6.45) is 2.38. The van der Waals surface area contributed by atoms with Crippen LogP contribution in [0, 0.1) is 11.8 Å². The Morgan fingerprint density at radius 3 is 1.50 bits per heavy atom. The number of nitrogens with zero attached hydrogens (tertiary/aromatic N) is 1. The molecule has 0 saturated heterocycles. The van der Waals surface area contributed by atoms with Gasteiger partial charge in [0.25, 0.3) is 0 Å². The molecular weight excluding hydrogens is 172 g/mol. The molecule has 0 aliphatic rings. The molecular formula is C12H28N2. The predicted molar refractivity (Wildman–Crippen MR) is 64.4 cm³/mol. The van der Waals surface area contributed by atoms with E-state index >= 15 is 0 Å². The van der Waals surface area contributed by atoms with E-state index in [1.807, 2.05) is 0 Å². The van der Waals surface area contributed by atoms with Crippen molar-refractivity contribution in [1.29, 1.82) is 0 Å². The molecule has 86 valence electrons. The van der Waals surface area contributed by atoms with Gasteiger partial charge in [-0.2, -0.15) is 0 Å². The first-order valence-electron chi connectivity index (χ1n) is 5.71. The van der Waals surface area contributed by atoms with Gasteiger partial charge in [0.15, 0.2) is 0 Å². The normalized spacial score (nSPS) is 13.3. The maximum absolute atomic E-state index is 5.96. The highest BCUT2D eigenvalue weighted by Gasteiger charge is 2.32. The van der Waals surface area contributed by atoms with Crippen LogP contribution in [-0.2, 0) is 0 Å². The van der Waals surface area contributed by atoms with E-state index in [0.29, 0.717) is 11.8 Å². The SMILES string of the molecule is CC(C)CC(CN)(CC(C)C)N(C)C. The van der Waals surface area contributed by atoms with Crippen molar-refractivity contribution in [2.75, 3.05) is 20.6 Å². The molecule has 0 radical (unpaired) electrons. The largest absolute Gasteiger partial charge is 0.329 e. The Morgan fingerprint density at radius 1 is 1.00 bits per heavy atom. The Balaban J connectivity index is 4.60. The summed E-state index contributed by atoms with van der Waals surface area (Å²) >= 11 is 0. The van der Waals surface area contributed by atoms with Crippen LogP contribution in [-0.4, -0.2) is 31.1 Å². The smallest absolute Gasteiger partial charge is 0.0330 e. The van der Waals surface area contributed by atoms with E-state index in [1.54, 1.807) is 0 Å². The Hall–Kier alpha value is -0.0800. The van der Waals surface area contributed by atoms with Gasteiger partial charge >= 0.3 is 0 Å². The van der Waals surface area contributed by atoms with Gasteiger partial charge < -0.3 is 10.6 Å². The topological polar surface area (TPSA) is 29.3 Å². The van der Waals surface area contributed by atoms with Crippen LogP contribution in [0.1, 0.15) is 40.5 Å². The second kappa shape index (κ2) is 5.72. The molecule has 0 atom stereocenters. The van der Waals surface area contributed by atoms with Gasteiger partial charge in [0.1, 0.15) is 0 Å². The molecule has 0 aromatic rings. The number of rotatable bonds is 6. The first kappa shape index (κ1) is 13.9. The van der Waals surface area contributed by atoms with Gasteiger partial charge in [-0.25, -0.2) is 0 Å². The standard InChI is InChI=1S/C12H28N2/c1-10(2)7-12(9-13,14(5)6)8-11(3)4/h10-11H,7-9,13H2,1-6H3. The molecule has 2 heteroatoms. The zero-order valence-corrected chi connectivity index (χ0v) is 10.8. The van der Waals surface area contributed by atoms with Crippen LogP contribution in [0.2, 0.25) is 0 Å². The van der Waals surface area contributed by atoms with E-state index in [2.05, 4.69) is 46.7 Å². The van der Waals surface area contributed by atoms with Crippen molar-refractivity contribution in [3.8, 4) is 0 Å². The molecule has 0 spiro atoms. The van der Waals surface area contributed by atoms with Crippen molar-refractivity contribution in [1.82, 2.24) is 4.90 Å². The van der Waals surface area contributed by atoms with Gasteiger partial charge in [0, 0.05) is 12.1 Å². The van der Waals surface area contributed by atoms with Crippen molar-refractivity contribution in [2.45, 2.75) is 46.1 Å². The minimum absolute atomic E-state index is 0.197. The quantitative estimate of drug-likeness (QED) is 0.713. The molecule has 0 amide bonds. The molecule has 0 saturated carbocycles. The zero-order chi connectivity index (χ0) is 11.4. The lowest BCUT2D eigenvalue weighted by Crippen LogP contribution is -2.52. The molecule has 0 rings (SSSR count). The van der Waals surface area contributed by atoms with Crippen molar-refractivity contribution in [2.24, 2.45) is 17.6 Å². The predicted octanol–water partition coefficient (Wildman–Crippen LogP) is 2.34. The zero-order valence-electron chi connectivity index (χ0n) is 10.8. The molecule has 2 nitrogen and oxygen atoms in total. The van der Waals surface area contributed by atoms with Gasteiger partial charge in [-0.15, -0.1) is 0 Å². The summed E-state index contributed by atoms with van der Waals surface area (Å²) in [5.74, 6) is 1.42. The van der Waals surface area contributed by atoms with Crippen molar-refractivity contribution in [3.05, 3.63) is 0 Å². The highest BCUT2D eigenvalue weighted by Crippen LogP contribution is 2.28. The first-order valence-corrected chi connectivity index (χ1v) is 5.71. The molecule has 0 aromatic heterocycles. The van der Waals surface area contributed by atoms with Gasteiger partial charge in [0.2, 0.25) is 0 Å². The van der Waals surface area contributed by atoms with Gasteiger partial charge in [-0.3, -0.25) is 0 Å². The van der Waals surface area contributed by atoms with E-state index in [0.717, 1.165) is 6.54 Å². The second-order valence-corrected chi connectivity index (χ2v) is 5.52. The monoisotopic (exact) mass is 200 g/mol. The molecule has 2 N–H and O–H groups in total. The summed E-state index contributed by atoms with van der Waals surface area (Å²) in [7, 11) is 4.30. The third-order valence-electron chi connectivity index (χ3n) is 2.91. The van der Waals surface area contributed by atoms with Gasteiger partial charge in [-0.1, -0.05) is 27.7 Å². The first-order chi connectivity index (χ1) is 6.34. The Bertz CT molecular complexity index is 140. The number of hydrogen-bond donors (Lipinski definition) is 1. The minimum atomic E-state index is 0.197. The van der Waals surface area contributed by atoms with E-state index in [-0.39, 0.29) is 5.54 Å². The van der Waals surface area contributed by atoms with Crippen LogP contribution in [0.4, 0.5) is 0 Å². The molecule has 0 heterocycles. The molecule has 14 heavy (non-hydrogen) atoms. The van der Waals surface area contributed by atoms with E-state index in [9.17, 15) is 0 Å². The summed E-state index contributed by atoms with van der Waals surface area (Å²) in [6.45, 7) is 9.85. The van der Waals surface area contributed by atoms with Crippen molar-refractivity contribution in [3.63, 3.8) is 0 Å². The summed E-state index contributed by atoms with van der Waals surface area (Å²) in [5.41, 5.74) is 6.16. The third kappa shape index (κ3) is 3.97. The Morgan fingerprint density at radius 2 is 1.36 bits per heavy atom. The summed E-state index contributed by atoms with van der Waals surface area (Å²) in [6, 6.07) is 0. The second-order valence-electron chi connectivity index (χ2n) is 5.52. The van der Waals surface area contributed by atoms with Crippen molar-refractivity contribution >= 4 is 0 Å². The third-order valence-corrected chi connectivity index (χ3v) is 2.91. The fraction of sp³-hybridized carbons (Fsp3) is 1.00. The Kier molecular flexibility index (Phi) is 5.68. The molecule has 0 fully saturated rings. The molecule has 0 aliphatic heterocycles. The van der Waals surface area contributed by atoms with Crippen LogP contribution in [0.3, 0.4) is 0 Å². The van der Waals surface area contributed by atoms with E-state index in [4.69, 9.17) is 5.73 Å². The average Bonchev–Trinajstić information content (AvgIpc) is 2.00. The summed E-state index contributed by atoms with van der Waals surface area (Å²) in [5, 5.41) is 0. The number of nitrogens with two attached hydrogens (primary N) is 1. The molecule has 0 aromatic carbocycles. The fourth-order valence-electron chi connectivity index (χ4n) is 2.32. The molecule has 0 bridgehead atoms. The van der Waals surface area contributed by atoms with Gasteiger partial charge in [0.05, 0.1) is 0 Å². The number of hydrogen-bond acceptors (Lipinski definition) is 2. The van der Waals surface area contributed by atoms with E-state index in [1.165, 1.54) is 12.8 Å². The van der Waals surface area contributed by atoms with Crippen LogP contribution in [0.5, 0.6) is 0 Å². The lowest BCUT2D eigenvalue weighted by Gasteiger charge is -2.42. The highest BCUT2D eigenvalue weighted by molar-refractivity contribution is 4.90. The fourth-order valence-corrected chi connectivity index (χ4v) is 2.32. The van der Waals surface area contributed by atoms with Crippen molar-refractivity contribution < 1.29 is 0 Å². The summed E-state index contributed by atoms with van der Waals surface area (Å²) in [4.78, 5) is 2.31. The maximum atomic E-state index is 5.96. The maximum Gasteiger partial charge on any atom is 0.0330 e. The molecule has 0 unspecified atom stereocenters. The van der Waals surface area contributed by atoms with Crippen LogP contribution in [0.15, 0.2) is 0 Å². The minimum Gasteiger partial charge on any atom is -0.329 e. The van der Waals surface area contributed by atoms with E-state index < -0.39 is 0 Å². The highest BCUT2D eigenvalue weighted by atomic mass is 15.2. The van der Waals surface area contributed by atoms with Crippen LogP contribution < -0.4 is 5.73 Å². The van der Waals surface area contributed by atoms with Crippen LogP contribution in [0.25, 0.3) is 0 Å². The lowest BCUT2D eigenvalue weighted by molar-refractivity contribution is 0.104. The number of likely N-dealkylation sites (N-methyl/N-ethyl adjacent to an activating group) is 1. The van der Waals surface area contributed by atoms with Crippen LogP contribution >= 0.6 is 0 Å². The lowest BCUT2D eigenvalue weighted by atomic mass is 9.81. The van der Waals surface area contributed by atoms with Gasteiger partial charge in [-0.05, 0) is 38.8 Å². The summed E-state index contributed by atoms with van der Waals surface area (Å²) < 4.78 is 0. The molecule has 0 aliphatic carbocycles. The average molecular weight is 200 g/mol. The Labute approximate surface area is 89.9 Å².